The molecule has 0 spiro atoms. The molecule has 1 rings (SSSR count). The molecule has 0 bridgehead atoms. The molecule has 0 atom stereocenters. The summed E-state index contributed by atoms with van der Waals surface area (Å²) in [6, 6.07) is 6.39. The number of hydrogen-bond donors (Lipinski definition) is 2. The predicted octanol–water partition coefficient (Wildman–Crippen LogP) is 1.80. The maximum Gasteiger partial charge on any atom is 0.332 e. The largest absolute Gasteiger partial charge is 0.478 e. The van der Waals surface area contributed by atoms with Crippen LogP contribution >= 0.6 is 0 Å². The van der Waals surface area contributed by atoms with Gasteiger partial charge >= 0.3 is 11.9 Å². The highest BCUT2D eigenvalue weighted by Crippen LogP contribution is 2.14. The van der Waals surface area contributed by atoms with Crippen LogP contribution in [0.3, 0.4) is 0 Å². The zero-order valence-electron chi connectivity index (χ0n) is 11.6. The number of carboxylic acid groups (broad SMARTS) is 2. The number of carboxylic acids is 2. The molecule has 0 unspecified atom stereocenters. The average molecular weight is 302 g/mol. The summed E-state index contributed by atoms with van der Waals surface area (Å²) >= 11 is 0. The minimum absolute atomic E-state index is 0.0366. The Bertz CT molecular complexity index is 580. The summed E-state index contributed by atoms with van der Waals surface area (Å²) in [7, 11) is 0. The molecule has 1 aromatic rings. The summed E-state index contributed by atoms with van der Waals surface area (Å²) in [6.45, 7) is 0. The lowest BCUT2D eigenvalue weighted by Crippen LogP contribution is -2.01. The van der Waals surface area contributed by atoms with E-state index < -0.39 is 11.9 Å². The van der Waals surface area contributed by atoms with Crippen LogP contribution in [-0.2, 0) is 19.2 Å². The lowest BCUT2D eigenvalue weighted by Gasteiger charge is -2.01. The van der Waals surface area contributed by atoms with E-state index in [-0.39, 0.29) is 24.0 Å². The van der Waals surface area contributed by atoms with Gasteiger partial charge in [0.25, 0.3) is 0 Å². The zero-order valence-corrected chi connectivity index (χ0v) is 11.6. The number of carbonyl (C=O) groups is 4. The van der Waals surface area contributed by atoms with Crippen LogP contribution < -0.4 is 0 Å². The van der Waals surface area contributed by atoms with Crippen LogP contribution in [0.25, 0.3) is 12.2 Å². The molecule has 0 aliphatic rings. The highest BCUT2D eigenvalue weighted by molar-refractivity contribution is 5.96. The molecule has 2 N–H and O–H groups in total. The van der Waals surface area contributed by atoms with Gasteiger partial charge in [-0.15, -0.1) is 0 Å². The molecule has 0 radical (unpaired) electrons. The summed E-state index contributed by atoms with van der Waals surface area (Å²) < 4.78 is 0. The Morgan fingerprint density at radius 2 is 1.09 bits per heavy atom. The van der Waals surface area contributed by atoms with E-state index in [2.05, 4.69) is 0 Å². The Morgan fingerprint density at radius 1 is 0.773 bits per heavy atom. The number of carbonyl (C=O) groups excluding carboxylic acids is 2. The first-order valence-electron chi connectivity index (χ1n) is 6.33. The molecule has 0 saturated carbocycles. The van der Waals surface area contributed by atoms with E-state index in [9.17, 15) is 19.2 Å². The molecule has 22 heavy (non-hydrogen) atoms. The first-order chi connectivity index (χ1) is 10.5. The Kier molecular flexibility index (Phi) is 6.43. The smallest absolute Gasteiger partial charge is 0.332 e. The monoisotopic (exact) mass is 302 g/mol. The van der Waals surface area contributed by atoms with Crippen LogP contribution in [0, 0.1) is 0 Å². The van der Waals surface area contributed by atoms with Crippen LogP contribution in [0.4, 0.5) is 0 Å². The molecule has 6 nitrogen and oxygen atoms in total. The van der Waals surface area contributed by atoms with Gasteiger partial charge < -0.3 is 19.8 Å². The second-order valence-corrected chi connectivity index (χ2v) is 4.36. The normalized spacial score (nSPS) is 11.8. The fourth-order valence-electron chi connectivity index (χ4n) is 1.69. The molecule has 0 aliphatic heterocycles. The minimum atomic E-state index is -1.17. The second kappa shape index (κ2) is 8.31. The topological polar surface area (TPSA) is 109 Å². The van der Waals surface area contributed by atoms with Gasteiger partial charge in [-0.25, -0.2) is 9.59 Å². The van der Waals surface area contributed by atoms with Crippen molar-refractivity contribution < 1.29 is 29.4 Å². The van der Waals surface area contributed by atoms with Gasteiger partial charge in [-0.05, 0) is 23.3 Å². The maximum absolute atomic E-state index is 10.9. The van der Waals surface area contributed by atoms with Crippen molar-refractivity contribution in [2.24, 2.45) is 0 Å². The van der Waals surface area contributed by atoms with Gasteiger partial charge in [0, 0.05) is 24.0 Å². The molecular formula is C16H14O6. The number of aldehydes is 2. The van der Waals surface area contributed by atoms with E-state index in [1.807, 2.05) is 0 Å². The molecule has 6 heteroatoms. The van der Waals surface area contributed by atoms with Crippen molar-refractivity contribution in [1.82, 2.24) is 0 Å². The molecule has 0 aromatic heterocycles. The fraction of sp³-hybridized carbons (Fsp3) is 0.125. The summed E-state index contributed by atoms with van der Waals surface area (Å²) in [6.07, 6.45) is 3.37. The molecule has 0 amide bonds. The second-order valence-electron chi connectivity index (χ2n) is 4.36. The van der Waals surface area contributed by atoms with E-state index in [4.69, 9.17) is 10.2 Å². The van der Waals surface area contributed by atoms with Gasteiger partial charge in [0.2, 0.25) is 0 Å². The van der Waals surface area contributed by atoms with Crippen LogP contribution in [0.5, 0.6) is 0 Å². The third-order valence-corrected chi connectivity index (χ3v) is 2.77. The Hall–Kier alpha value is -3.02. The van der Waals surface area contributed by atoms with Gasteiger partial charge in [-0.2, -0.15) is 0 Å². The van der Waals surface area contributed by atoms with E-state index >= 15 is 0 Å². The first kappa shape index (κ1) is 17.0. The third kappa shape index (κ3) is 5.16. The van der Waals surface area contributed by atoms with Crippen molar-refractivity contribution in [2.75, 3.05) is 0 Å². The maximum atomic E-state index is 10.9. The third-order valence-electron chi connectivity index (χ3n) is 2.77. The highest BCUT2D eigenvalue weighted by Gasteiger charge is 2.08. The SMILES string of the molecule is O=CCC(=Cc1ccc(C=C(CC=O)C(=O)O)cc1)C(=O)O. The highest BCUT2D eigenvalue weighted by atomic mass is 16.4. The number of aliphatic carboxylic acids is 2. The summed E-state index contributed by atoms with van der Waals surface area (Å²) in [5, 5.41) is 17.8. The summed E-state index contributed by atoms with van der Waals surface area (Å²) in [5.41, 5.74) is 1.07. The Morgan fingerprint density at radius 3 is 1.32 bits per heavy atom. The minimum Gasteiger partial charge on any atom is -0.478 e. The van der Waals surface area contributed by atoms with Gasteiger partial charge in [-0.1, -0.05) is 24.3 Å². The molecular weight excluding hydrogens is 288 g/mol. The molecule has 1 aromatic carbocycles. The summed E-state index contributed by atoms with van der Waals surface area (Å²) in [4.78, 5) is 42.7. The van der Waals surface area contributed by atoms with Crippen molar-refractivity contribution in [3.63, 3.8) is 0 Å². The van der Waals surface area contributed by atoms with Crippen molar-refractivity contribution in [3.05, 3.63) is 46.5 Å². The van der Waals surface area contributed by atoms with Crippen LogP contribution in [0.15, 0.2) is 35.4 Å². The summed E-state index contributed by atoms with van der Waals surface area (Å²) in [5.74, 6) is -2.34. The Labute approximate surface area is 126 Å². The molecule has 0 aliphatic carbocycles. The van der Waals surface area contributed by atoms with Crippen LogP contribution in [0.2, 0.25) is 0 Å². The predicted molar refractivity (Wildman–Crippen MR) is 79.0 cm³/mol. The molecule has 0 saturated heterocycles. The van der Waals surface area contributed by atoms with Gasteiger partial charge in [-0.3, -0.25) is 0 Å². The van der Waals surface area contributed by atoms with Crippen LogP contribution in [0.1, 0.15) is 24.0 Å². The number of rotatable bonds is 8. The first-order valence-corrected chi connectivity index (χ1v) is 6.33. The van der Waals surface area contributed by atoms with Crippen molar-refractivity contribution in [3.8, 4) is 0 Å². The molecule has 0 fully saturated rings. The number of hydrogen-bond acceptors (Lipinski definition) is 4. The molecule has 0 heterocycles. The van der Waals surface area contributed by atoms with Crippen molar-refractivity contribution >= 4 is 36.7 Å². The van der Waals surface area contributed by atoms with Gasteiger partial charge in [0.1, 0.15) is 12.6 Å². The van der Waals surface area contributed by atoms with E-state index in [1.54, 1.807) is 24.3 Å². The zero-order chi connectivity index (χ0) is 16.5. The van der Waals surface area contributed by atoms with Gasteiger partial charge in [0.05, 0.1) is 0 Å². The Balaban J connectivity index is 3.04. The lowest BCUT2D eigenvalue weighted by molar-refractivity contribution is -0.133. The van der Waals surface area contributed by atoms with Crippen molar-refractivity contribution in [1.29, 1.82) is 0 Å². The quantitative estimate of drug-likeness (QED) is 0.560. The number of benzene rings is 1. The lowest BCUT2D eigenvalue weighted by atomic mass is 10.0. The van der Waals surface area contributed by atoms with E-state index in [1.165, 1.54) is 12.2 Å². The fourth-order valence-corrected chi connectivity index (χ4v) is 1.69. The molecule has 114 valence electrons. The average Bonchev–Trinajstić information content (AvgIpc) is 2.47. The van der Waals surface area contributed by atoms with E-state index in [0.717, 1.165) is 0 Å². The standard InChI is InChI=1S/C16H14O6/c17-7-5-13(15(19)20)9-11-1-2-12(4-3-11)10-14(6-8-18)16(21)22/h1-4,7-10H,5-6H2,(H,19,20)(H,21,22). The van der Waals surface area contributed by atoms with Crippen molar-refractivity contribution in [2.45, 2.75) is 12.8 Å². The van der Waals surface area contributed by atoms with Crippen LogP contribution in [-0.4, -0.2) is 34.7 Å². The van der Waals surface area contributed by atoms with E-state index in [0.29, 0.717) is 23.7 Å². The van der Waals surface area contributed by atoms with Gasteiger partial charge in [0.15, 0.2) is 0 Å².